The third-order valence-corrected chi connectivity index (χ3v) is 3.21. The molecule has 0 radical (unpaired) electrons. The minimum Gasteiger partial charge on any atom is -0.481 e. The molecule has 0 aliphatic heterocycles. The first-order chi connectivity index (χ1) is 9.37. The highest BCUT2D eigenvalue weighted by atomic mass is 16.4. The van der Waals surface area contributed by atoms with Crippen LogP contribution in [0.1, 0.15) is 32.3 Å². The van der Waals surface area contributed by atoms with Crippen molar-refractivity contribution >= 4 is 22.7 Å². The monoisotopic (exact) mass is 273 g/mol. The summed E-state index contributed by atoms with van der Waals surface area (Å²) in [5.74, 6) is -0.0441. The van der Waals surface area contributed by atoms with Gasteiger partial charge in [0.2, 0.25) is 0 Å². The molecule has 0 aliphatic rings. The molecular formula is C15H19N3O2. The summed E-state index contributed by atoms with van der Waals surface area (Å²) in [5.41, 5.74) is 1.67. The predicted molar refractivity (Wildman–Crippen MR) is 78.8 cm³/mol. The zero-order chi connectivity index (χ0) is 14.8. The van der Waals surface area contributed by atoms with Crippen molar-refractivity contribution in [3.8, 4) is 0 Å². The average molecular weight is 273 g/mol. The summed E-state index contributed by atoms with van der Waals surface area (Å²) in [6, 6.07) is 6.00. The number of nitrogens with zero attached hydrogens (tertiary/aromatic N) is 2. The molecule has 1 heterocycles. The number of benzene rings is 1. The Bertz CT molecular complexity index is 638. The molecule has 2 aromatic rings. The van der Waals surface area contributed by atoms with Gasteiger partial charge in [-0.15, -0.1) is 0 Å². The molecule has 0 spiro atoms. The highest BCUT2D eigenvalue weighted by Gasteiger charge is 2.20. The topological polar surface area (TPSA) is 75.1 Å². The average Bonchev–Trinajstić information content (AvgIpc) is 2.37. The summed E-state index contributed by atoms with van der Waals surface area (Å²) < 4.78 is 0. The van der Waals surface area contributed by atoms with Crippen LogP contribution in [0.15, 0.2) is 24.5 Å². The summed E-state index contributed by atoms with van der Waals surface area (Å²) in [6.07, 6.45) is 2.18. The number of rotatable bonds is 5. The third-order valence-electron chi connectivity index (χ3n) is 3.21. The Hall–Kier alpha value is -2.17. The van der Waals surface area contributed by atoms with Gasteiger partial charge in [0.05, 0.1) is 5.52 Å². The molecule has 1 aromatic heterocycles. The Morgan fingerprint density at radius 1 is 1.35 bits per heavy atom. The molecule has 2 rings (SSSR count). The number of hydrogen-bond acceptors (Lipinski definition) is 4. The molecule has 106 valence electrons. The molecule has 20 heavy (non-hydrogen) atoms. The minimum atomic E-state index is -0.789. The van der Waals surface area contributed by atoms with E-state index >= 15 is 0 Å². The van der Waals surface area contributed by atoms with E-state index in [9.17, 15) is 4.79 Å². The number of carbonyl (C=O) groups is 1. The van der Waals surface area contributed by atoms with Crippen LogP contribution in [0.4, 0.5) is 5.82 Å². The zero-order valence-corrected chi connectivity index (χ0v) is 12.0. The molecule has 0 amide bonds. The SMILES string of the molecule is Cc1ccc2ncnc(NC(C)(C)CCC(=O)O)c2c1. The Morgan fingerprint density at radius 2 is 2.10 bits per heavy atom. The van der Waals surface area contributed by atoms with Crippen molar-refractivity contribution in [2.75, 3.05) is 5.32 Å². The number of fused-ring (bicyclic) bond motifs is 1. The molecule has 0 saturated carbocycles. The van der Waals surface area contributed by atoms with E-state index in [0.29, 0.717) is 6.42 Å². The van der Waals surface area contributed by atoms with Crippen molar-refractivity contribution in [2.24, 2.45) is 0 Å². The van der Waals surface area contributed by atoms with Crippen LogP contribution in [-0.2, 0) is 4.79 Å². The summed E-state index contributed by atoms with van der Waals surface area (Å²) in [6.45, 7) is 5.96. The zero-order valence-electron chi connectivity index (χ0n) is 12.0. The van der Waals surface area contributed by atoms with Crippen LogP contribution in [0.25, 0.3) is 10.9 Å². The maximum absolute atomic E-state index is 10.7. The molecule has 0 unspecified atom stereocenters. The van der Waals surface area contributed by atoms with Gasteiger partial charge in [0.25, 0.3) is 0 Å². The fourth-order valence-corrected chi connectivity index (χ4v) is 2.07. The van der Waals surface area contributed by atoms with E-state index in [1.54, 1.807) is 0 Å². The second-order valence-electron chi connectivity index (χ2n) is 5.65. The minimum absolute atomic E-state index is 0.127. The quantitative estimate of drug-likeness (QED) is 0.876. The molecule has 0 atom stereocenters. The van der Waals surface area contributed by atoms with Gasteiger partial charge in [0.15, 0.2) is 0 Å². The fourth-order valence-electron chi connectivity index (χ4n) is 2.07. The largest absolute Gasteiger partial charge is 0.481 e. The van der Waals surface area contributed by atoms with E-state index < -0.39 is 5.97 Å². The number of aryl methyl sites for hydroxylation is 1. The molecule has 0 bridgehead atoms. The van der Waals surface area contributed by atoms with Gasteiger partial charge in [-0.1, -0.05) is 11.6 Å². The highest BCUT2D eigenvalue weighted by Crippen LogP contribution is 2.25. The van der Waals surface area contributed by atoms with Gasteiger partial charge >= 0.3 is 5.97 Å². The number of hydrogen-bond donors (Lipinski definition) is 2. The maximum atomic E-state index is 10.7. The lowest BCUT2D eigenvalue weighted by atomic mass is 9.98. The van der Waals surface area contributed by atoms with Crippen molar-refractivity contribution < 1.29 is 9.90 Å². The molecule has 5 heteroatoms. The van der Waals surface area contributed by atoms with E-state index in [1.165, 1.54) is 6.33 Å². The molecule has 5 nitrogen and oxygen atoms in total. The number of carboxylic acids is 1. The molecule has 2 N–H and O–H groups in total. The first kappa shape index (κ1) is 14.2. The summed E-state index contributed by atoms with van der Waals surface area (Å²) >= 11 is 0. The van der Waals surface area contributed by atoms with E-state index in [4.69, 9.17) is 5.11 Å². The van der Waals surface area contributed by atoms with Crippen LogP contribution in [0.5, 0.6) is 0 Å². The number of aromatic nitrogens is 2. The van der Waals surface area contributed by atoms with Crippen molar-refractivity contribution in [1.29, 1.82) is 0 Å². The smallest absolute Gasteiger partial charge is 0.303 e. The standard InChI is InChI=1S/C15H19N3O2/c1-10-4-5-12-11(8-10)14(17-9-16-12)18-15(2,3)7-6-13(19)20/h4-5,8-9H,6-7H2,1-3H3,(H,19,20)(H,16,17,18). The van der Waals surface area contributed by atoms with Gasteiger partial charge < -0.3 is 10.4 Å². The van der Waals surface area contributed by atoms with Crippen molar-refractivity contribution in [3.63, 3.8) is 0 Å². The van der Waals surface area contributed by atoms with Crippen LogP contribution in [0.2, 0.25) is 0 Å². The second-order valence-corrected chi connectivity index (χ2v) is 5.65. The summed E-state index contributed by atoms with van der Waals surface area (Å²) in [4.78, 5) is 19.2. The third kappa shape index (κ3) is 3.44. The van der Waals surface area contributed by atoms with Crippen molar-refractivity contribution in [1.82, 2.24) is 9.97 Å². The first-order valence-electron chi connectivity index (χ1n) is 6.59. The molecule has 0 fully saturated rings. The summed E-state index contributed by atoms with van der Waals surface area (Å²) in [7, 11) is 0. The van der Waals surface area contributed by atoms with E-state index in [-0.39, 0.29) is 12.0 Å². The Labute approximate surface area is 118 Å². The molecule has 1 aromatic carbocycles. The van der Waals surface area contributed by atoms with Crippen LogP contribution in [0.3, 0.4) is 0 Å². The van der Waals surface area contributed by atoms with Gasteiger partial charge in [-0.3, -0.25) is 4.79 Å². The maximum Gasteiger partial charge on any atom is 0.303 e. The predicted octanol–water partition coefficient (Wildman–Crippen LogP) is 2.99. The van der Waals surface area contributed by atoms with E-state index in [0.717, 1.165) is 22.3 Å². The Balaban J connectivity index is 2.29. The van der Waals surface area contributed by atoms with Crippen LogP contribution < -0.4 is 5.32 Å². The van der Waals surface area contributed by atoms with Crippen LogP contribution in [0, 0.1) is 6.92 Å². The lowest BCUT2D eigenvalue weighted by molar-refractivity contribution is -0.137. The number of nitrogens with one attached hydrogen (secondary N) is 1. The van der Waals surface area contributed by atoms with Crippen LogP contribution >= 0.6 is 0 Å². The number of aliphatic carboxylic acids is 1. The van der Waals surface area contributed by atoms with Gasteiger partial charge in [-0.2, -0.15) is 0 Å². The van der Waals surface area contributed by atoms with E-state index in [2.05, 4.69) is 15.3 Å². The second kappa shape index (κ2) is 5.45. The van der Waals surface area contributed by atoms with E-state index in [1.807, 2.05) is 39.0 Å². The Morgan fingerprint density at radius 3 is 2.80 bits per heavy atom. The van der Waals surface area contributed by atoms with Gasteiger partial charge in [-0.25, -0.2) is 9.97 Å². The van der Waals surface area contributed by atoms with Gasteiger partial charge in [0, 0.05) is 17.3 Å². The Kier molecular flexibility index (Phi) is 3.88. The van der Waals surface area contributed by atoms with Crippen LogP contribution in [-0.4, -0.2) is 26.6 Å². The molecular weight excluding hydrogens is 254 g/mol. The normalized spacial score (nSPS) is 11.6. The summed E-state index contributed by atoms with van der Waals surface area (Å²) in [5, 5.41) is 13.1. The fraction of sp³-hybridized carbons (Fsp3) is 0.400. The highest BCUT2D eigenvalue weighted by molar-refractivity contribution is 5.89. The number of anilines is 1. The van der Waals surface area contributed by atoms with Gasteiger partial charge in [-0.05, 0) is 39.3 Å². The van der Waals surface area contributed by atoms with Crippen molar-refractivity contribution in [3.05, 3.63) is 30.1 Å². The van der Waals surface area contributed by atoms with Crippen molar-refractivity contribution in [2.45, 2.75) is 39.2 Å². The number of carboxylic acid groups (broad SMARTS) is 1. The van der Waals surface area contributed by atoms with Gasteiger partial charge in [0.1, 0.15) is 12.1 Å². The lowest BCUT2D eigenvalue weighted by Crippen LogP contribution is -2.32. The lowest BCUT2D eigenvalue weighted by Gasteiger charge is -2.26. The molecule has 0 aliphatic carbocycles. The first-order valence-corrected chi connectivity index (χ1v) is 6.59. The molecule has 0 saturated heterocycles.